The van der Waals surface area contributed by atoms with Crippen LogP contribution < -0.4 is 5.32 Å². The molecule has 1 aliphatic heterocycles. The summed E-state index contributed by atoms with van der Waals surface area (Å²) in [5, 5.41) is 12.7. The molecular formula is C23H23N3O2S. The van der Waals surface area contributed by atoms with Gasteiger partial charge in [0.1, 0.15) is 0 Å². The van der Waals surface area contributed by atoms with Gasteiger partial charge in [-0.25, -0.2) is 4.79 Å². The van der Waals surface area contributed by atoms with Gasteiger partial charge >= 0.3 is 5.97 Å². The van der Waals surface area contributed by atoms with Crippen molar-refractivity contribution in [1.82, 2.24) is 9.88 Å². The predicted molar refractivity (Wildman–Crippen MR) is 116 cm³/mol. The van der Waals surface area contributed by atoms with Gasteiger partial charge in [-0.3, -0.25) is 9.88 Å². The molecule has 4 rings (SSSR count). The molecule has 0 amide bonds. The lowest BCUT2D eigenvalue weighted by atomic mass is 9.93. The molecule has 1 aliphatic rings. The number of fused-ring (bicyclic) bond motifs is 1. The maximum atomic E-state index is 11.4. The van der Waals surface area contributed by atoms with Gasteiger partial charge in [-0.1, -0.05) is 36.0 Å². The fraction of sp³-hybridized carbons (Fsp3) is 0.217. The zero-order valence-corrected chi connectivity index (χ0v) is 17.0. The molecule has 1 aromatic heterocycles. The molecule has 0 unspecified atom stereocenters. The van der Waals surface area contributed by atoms with Gasteiger partial charge in [-0.05, 0) is 54.9 Å². The Morgan fingerprint density at radius 2 is 2.03 bits per heavy atom. The third kappa shape index (κ3) is 4.44. The molecule has 0 spiro atoms. The highest BCUT2D eigenvalue weighted by Gasteiger charge is 2.25. The van der Waals surface area contributed by atoms with E-state index in [0.717, 1.165) is 13.0 Å². The monoisotopic (exact) mass is 405 g/mol. The van der Waals surface area contributed by atoms with Crippen molar-refractivity contribution in [3.05, 3.63) is 83.7 Å². The van der Waals surface area contributed by atoms with Crippen LogP contribution in [0.3, 0.4) is 0 Å². The molecule has 0 bridgehead atoms. The Bertz CT molecular complexity index is 1010. The van der Waals surface area contributed by atoms with Crippen LogP contribution in [-0.4, -0.2) is 41.1 Å². The van der Waals surface area contributed by atoms with E-state index in [1.807, 2.05) is 6.07 Å². The van der Waals surface area contributed by atoms with E-state index in [2.05, 4.69) is 64.7 Å². The van der Waals surface area contributed by atoms with E-state index >= 15 is 0 Å². The van der Waals surface area contributed by atoms with Crippen LogP contribution in [0.4, 0.5) is 5.69 Å². The first-order valence-electron chi connectivity index (χ1n) is 9.59. The van der Waals surface area contributed by atoms with Gasteiger partial charge in [0.25, 0.3) is 0 Å². The van der Waals surface area contributed by atoms with Crippen molar-refractivity contribution < 1.29 is 9.90 Å². The van der Waals surface area contributed by atoms with Crippen molar-refractivity contribution >= 4 is 23.4 Å². The van der Waals surface area contributed by atoms with Crippen molar-refractivity contribution in [2.45, 2.75) is 22.3 Å². The van der Waals surface area contributed by atoms with Crippen LogP contribution in [0.5, 0.6) is 0 Å². The first kappa shape index (κ1) is 19.5. The van der Waals surface area contributed by atoms with E-state index in [0.29, 0.717) is 12.2 Å². The smallest absolute Gasteiger partial charge is 0.337 e. The molecule has 3 aromatic rings. The number of pyridine rings is 1. The van der Waals surface area contributed by atoms with Crippen LogP contribution in [0.1, 0.15) is 27.5 Å². The average Bonchev–Trinajstić information content (AvgIpc) is 2.74. The zero-order chi connectivity index (χ0) is 20.2. The quantitative estimate of drug-likeness (QED) is 0.626. The molecule has 5 nitrogen and oxygen atoms in total. The summed E-state index contributed by atoms with van der Waals surface area (Å²) in [6, 6.07) is 18.8. The van der Waals surface area contributed by atoms with Gasteiger partial charge in [0, 0.05) is 29.1 Å². The van der Waals surface area contributed by atoms with Crippen LogP contribution in [-0.2, 0) is 6.42 Å². The number of rotatable bonds is 6. The Hall–Kier alpha value is -2.83. The molecular weight excluding hydrogens is 382 g/mol. The molecule has 148 valence electrons. The topological polar surface area (TPSA) is 65.5 Å². The van der Waals surface area contributed by atoms with Gasteiger partial charge in [-0.2, -0.15) is 0 Å². The molecule has 2 heterocycles. The zero-order valence-electron chi connectivity index (χ0n) is 16.2. The molecule has 2 aromatic carbocycles. The molecule has 0 saturated carbocycles. The highest BCUT2D eigenvalue weighted by Crippen LogP contribution is 2.34. The fourth-order valence-corrected chi connectivity index (χ4v) is 4.60. The summed E-state index contributed by atoms with van der Waals surface area (Å²) >= 11 is 1.78. The lowest BCUT2D eigenvalue weighted by Crippen LogP contribution is -2.36. The van der Waals surface area contributed by atoms with Crippen molar-refractivity contribution in [1.29, 1.82) is 0 Å². The van der Waals surface area contributed by atoms with Gasteiger partial charge in [0.05, 0.1) is 23.5 Å². The second kappa shape index (κ2) is 8.68. The number of carboxylic acids is 1. The van der Waals surface area contributed by atoms with E-state index < -0.39 is 5.97 Å². The minimum Gasteiger partial charge on any atom is -0.478 e. The van der Waals surface area contributed by atoms with E-state index in [-0.39, 0.29) is 11.6 Å². The van der Waals surface area contributed by atoms with Crippen LogP contribution in [0.15, 0.2) is 76.8 Å². The van der Waals surface area contributed by atoms with Crippen molar-refractivity contribution in [2.75, 3.05) is 25.5 Å². The SMILES string of the molecule is CN1CCc2cc(Sc3ccccc3)ccc2[C@@H]1CNc1cnccc1C(=O)O. The number of carbonyl (C=O) groups is 1. The minimum atomic E-state index is -0.949. The summed E-state index contributed by atoms with van der Waals surface area (Å²) in [7, 11) is 2.11. The molecule has 1 atom stereocenters. The first-order valence-corrected chi connectivity index (χ1v) is 10.4. The van der Waals surface area contributed by atoms with E-state index in [1.54, 1.807) is 18.0 Å². The second-order valence-corrected chi connectivity index (χ2v) is 8.28. The minimum absolute atomic E-state index is 0.177. The van der Waals surface area contributed by atoms with Gasteiger partial charge < -0.3 is 10.4 Å². The normalized spacial score (nSPS) is 16.2. The molecule has 6 heteroatoms. The van der Waals surface area contributed by atoms with Crippen LogP contribution in [0, 0.1) is 0 Å². The number of nitrogens with one attached hydrogen (secondary N) is 1. The van der Waals surface area contributed by atoms with Crippen LogP contribution in [0.25, 0.3) is 0 Å². The molecule has 29 heavy (non-hydrogen) atoms. The largest absolute Gasteiger partial charge is 0.478 e. The molecule has 2 N–H and O–H groups in total. The van der Waals surface area contributed by atoms with E-state index in [4.69, 9.17) is 0 Å². The number of aromatic carboxylic acids is 1. The number of hydrogen-bond acceptors (Lipinski definition) is 5. The highest BCUT2D eigenvalue weighted by atomic mass is 32.2. The van der Waals surface area contributed by atoms with Crippen LogP contribution >= 0.6 is 11.8 Å². The average molecular weight is 406 g/mol. The summed E-state index contributed by atoms with van der Waals surface area (Å²) in [5.74, 6) is -0.949. The fourth-order valence-electron chi connectivity index (χ4n) is 3.70. The third-order valence-electron chi connectivity index (χ3n) is 5.26. The van der Waals surface area contributed by atoms with Gasteiger partial charge in [0.2, 0.25) is 0 Å². The summed E-state index contributed by atoms with van der Waals surface area (Å²) in [4.78, 5) is 20.3. The number of aromatic nitrogens is 1. The standard InChI is InChI=1S/C23H23N3O2S/c1-26-12-10-16-13-18(29-17-5-3-2-4-6-17)7-8-19(16)22(26)15-25-21-14-24-11-9-20(21)23(27)28/h2-9,11,13-14,22,25H,10,12,15H2,1H3,(H,27,28)/t22-/m0/s1. The summed E-state index contributed by atoms with van der Waals surface area (Å²) in [5.41, 5.74) is 3.45. The van der Waals surface area contributed by atoms with Crippen molar-refractivity contribution in [3.8, 4) is 0 Å². The Morgan fingerprint density at radius 3 is 2.83 bits per heavy atom. The molecule has 0 aliphatic carbocycles. The Kier molecular flexibility index (Phi) is 5.83. The Labute approximate surface area is 174 Å². The van der Waals surface area contributed by atoms with Crippen molar-refractivity contribution in [2.24, 2.45) is 0 Å². The van der Waals surface area contributed by atoms with Gasteiger partial charge in [0.15, 0.2) is 0 Å². The first-order chi connectivity index (χ1) is 14.1. The third-order valence-corrected chi connectivity index (χ3v) is 6.25. The summed E-state index contributed by atoms with van der Waals surface area (Å²) < 4.78 is 0. The second-order valence-electron chi connectivity index (χ2n) is 7.13. The highest BCUT2D eigenvalue weighted by molar-refractivity contribution is 7.99. The number of likely N-dealkylation sites (N-methyl/N-ethyl adjacent to an activating group) is 1. The number of nitrogens with zero attached hydrogens (tertiary/aromatic N) is 2. The number of anilines is 1. The summed E-state index contributed by atoms with van der Waals surface area (Å²) in [6.45, 7) is 1.60. The summed E-state index contributed by atoms with van der Waals surface area (Å²) in [6.07, 6.45) is 4.09. The predicted octanol–water partition coefficient (Wildman–Crippen LogP) is 4.57. The lowest BCUT2D eigenvalue weighted by Gasteiger charge is -2.35. The van der Waals surface area contributed by atoms with E-state index in [1.165, 1.54) is 33.2 Å². The molecule has 0 radical (unpaired) electrons. The molecule has 0 fully saturated rings. The number of hydrogen-bond donors (Lipinski definition) is 2. The molecule has 0 saturated heterocycles. The maximum absolute atomic E-state index is 11.4. The maximum Gasteiger partial charge on any atom is 0.337 e. The Balaban J connectivity index is 1.53. The number of benzene rings is 2. The number of carboxylic acid groups (broad SMARTS) is 1. The van der Waals surface area contributed by atoms with Crippen LogP contribution in [0.2, 0.25) is 0 Å². The van der Waals surface area contributed by atoms with Crippen molar-refractivity contribution in [3.63, 3.8) is 0 Å². The van der Waals surface area contributed by atoms with E-state index in [9.17, 15) is 9.90 Å². The van der Waals surface area contributed by atoms with Gasteiger partial charge in [-0.15, -0.1) is 0 Å². The Morgan fingerprint density at radius 1 is 1.21 bits per heavy atom. The lowest BCUT2D eigenvalue weighted by molar-refractivity contribution is 0.0697.